The van der Waals surface area contributed by atoms with Gasteiger partial charge < -0.3 is 24.6 Å². The van der Waals surface area contributed by atoms with Crippen molar-refractivity contribution in [1.29, 1.82) is 0 Å². The van der Waals surface area contributed by atoms with Gasteiger partial charge in [0, 0.05) is 67.3 Å². The lowest BCUT2D eigenvalue weighted by molar-refractivity contribution is 0.00721. The predicted molar refractivity (Wildman–Crippen MR) is 173 cm³/mol. The van der Waals surface area contributed by atoms with Crippen LogP contribution >= 0.6 is 0 Å². The van der Waals surface area contributed by atoms with Crippen LogP contribution in [0.15, 0.2) is 41.5 Å². The van der Waals surface area contributed by atoms with E-state index in [4.69, 9.17) is 9.84 Å². The van der Waals surface area contributed by atoms with Gasteiger partial charge in [-0.25, -0.2) is 4.79 Å². The second-order valence-corrected chi connectivity index (χ2v) is 14.4. The molecule has 45 heavy (non-hydrogen) atoms. The third-order valence-electron chi connectivity index (χ3n) is 9.25. The van der Waals surface area contributed by atoms with E-state index in [1.165, 1.54) is 0 Å². The van der Waals surface area contributed by atoms with Crippen molar-refractivity contribution in [3.8, 4) is 0 Å². The van der Waals surface area contributed by atoms with Gasteiger partial charge in [-0.05, 0) is 97.4 Å². The SMILES string of the molecule is CC(C)(C)OC(=O)N1CCN(C2CCC(n3cc4cc(NC(=O)c5cccn(C6CC6)c5=O)c(C(C)(C)O)cc4n3)CC2)CC1. The lowest BCUT2D eigenvalue weighted by atomic mass is 9.90. The molecule has 1 aliphatic heterocycles. The summed E-state index contributed by atoms with van der Waals surface area (Å²) in [5.41, 5.74) is -0.172. The Morgan fingerprint density at radius 1 is 0.933 bits per heavy atom. The maximum Gasteiger partial charge on any atom is 0.410 e. The van der Waals surface area contributed by atoms with Gasteiger partial charge in [-0.2, -0.15) is 5.10 Å². The Kier molecular flexibility index (Phi) is 8.28. The fourth-order valence-corrected chi connectivity index (χ4v) is 6.68. The molecular weight excluding hydrogens is 572 g/mol. The number of ether oxygens (including phenoxy) is 1. The minimum absolute atomic E-state index is 0.0879. The Morgan fingerprint density at radius 2 is 1.58 bits per heavy atom. The van der Waals surface area contributed by atoms with E-state index in [1.807, 2.05) is 48.7 Å². The Morgan fingerprint density at radius 3 is 2.20 bits per heavy atom. The van der Waals surface area contributed by atoms with Crippen molar-refractivity contribution in [3.63, 3.8) is 0 Å². The van der Waals surface area contributed by atoms with Gasteiger partial charge in [0.15, 0.2) is 0 Å². The number of aliphatic hydroxyl groups is 1. The number of anilines is 1. The van der Waals surface area contributed by atoms with Crippen LogP contribution in [0, 0.1) is 0 Å². The Balaban J connectivity index is 1.12. The second-order valence-electron chi connectivity index (χ2n) is 14.4. The van der Waals surface area contributed by atoms with E-state index in [9.17, 15) is 19.5 Å². The molecule has 0 atom stereocenters. The first-order valence-corrected chi connectivity index (χ1v) is 16.3. The molecule has 6 rings (SSSR count). The molecule has 0 bridgehead atoms. The van der Waals surface area contributed by atoms with Crippen LogP contribution in [-0.2, 0) is 10.3 Å². The van der Waals surface area contributed by atoms with Crippen LogP contribution in [0.3, 0.4) is 0 Å². The molecule has 2 aromatic heterocycles. The van der Waals surface area contributed by atoms with Gasteiger partial charge in [0.25, 0.3) is 11.5 Å². The number of carbonyl (C=O) groups excluding carboxylic acids is 2. The predicted octanol–water partition coefficient (Wildman–Crippen LogP) is 5.05. The molecule has 0 radical (unpaired) electrons. The van der Waals surface area contributed by atoms with Crippen molar-refractivity contribution < 1.29 is 19.4 Å². The molecule has 2 saturated carbocycles. The summed E-state index contributed by atoms with van der Waals surface area (Å²) in [5.74, 6) is -0.488. The third-order valence-corrected chi connectivity index (χ3v) is 9.25. The van der Waals surface area contributed by atoms with Crippen molar-refractivity contribution in [2.45, 2.75) is 102 Å². The number of pyridine rings is 1. The number of aromatic nitrogens is 3. The van der Waals surface area contributed by atoms with Crippen LogP contribution in [0.25, 0.3) is 10.9 Å². The van der Waals surface area contributed by atoms with Crippen LogP contribution in [0.4, 0.5) is 10.5 Å². The van der Waals surface area contributed by atoms with Crippen molar-refractivity contribution in [3.05, 3.63) is 58.1 Å². The van der Waals surface area contributed by atoms with E-state index in [-0.39, 0.29) is 29.3 Å². The van der Waals surface area contributed by atoms with E-state index in [0.29, 0.717) is 30.4 Å². The molecular formula is C34H46N6O5. The maximum absolute atomic E-state index is 13.3. The van der Waals surface area contributed by atoms with E-state index < -0.39 is 17.1 Å². The molecule has 2 amide bonds. The number of nitrogens with one attached hydrogen (secondary N) is 1. The number of benzene rings is 1. The summed E-state index contributed by atoms with van der Waals surface area (Å²) < 4.78 is 9.22. The van der Waals surface area contributed by atoms with Crippen molar-refractivity contribution in [1.82, 2.24) is 24.1 Å². The number of nitrogens with zero attached hydrogens (tertiary/aromatic N) is 5. The summed E-state index contributed by atoms with van der Waals surface area (Å²) in [6.07, 6.45) is 9.52. The minimum Gasteiger partial charge on any atom is -0.444 e. The lowest BCUT2D eigenvalue weighted by Gasteiger charge is -2.42. The average molecular weight is 619 g/mol. The third kappa shape index (κ3) is 6.94. The zero-order chi connectivity index (χ0) is 32.1. The fourth-order valence-electron chi connectivity index (χ4n) is 6.68. The van der Waals surface area contributed by atoms with Crippen LogP contribution in [0.5, 0.6) is 0 Å². The Labute approximate surface area is 264 Å². The molecule has 1 aromatic carbocycles. The molecule has 0 spiro atoms. The smallest absolute Gasteiger partial charge is 0.410 e. The number of hydrogen-bond acceptors (Lipinski definition) is 7. The molecule has 0 unspecified atom stereocenters. The van der Waals surface area contributed by atoms with E-state index in [2.05, 4.69) is 10.2 Å². The number of piperazine rings is 1. The first-order chi connectivity index (χ1) is 21.3. The molecule has 242 valence electrons. The highest BCUT2D eigenvalue weighted by molar-refractivity contribution is 6.05. The number of rotatable bonds is 6. The number of hydrogen-bond donors (Lipinski definition) is 2. The number of fused-ring (bicyclic) bond motifs is 1. The van der Waals surface area contributed by atoms with Crippen LogP contribution in [-0.4, -0.2) is 79.1 Å². The monoisotopic (exact) mass is 618 g/mol. The van der Waals surface area contributed by atoms with E-state index in [1.54, 1.807) is 36.7 Å². The van der Waals surface area contributed by atoms with Gasteiger partial charge >= 0.3 is 6.09 Å². The minimum atomic E-state index is -1.24. The topological polar surface area (TPSA) is 122 Å². The van der Waals surface area contributed by atoms with E-state index >= 15 is 0 Å². The summed E-state index contributed by atoms with van der Waals surface area (Å²) in [7, 11) is 0. The fraction of sp³-hybridized carbons (Fsp3) is 0.588. The Bertz CT molecular complexity index is 1630. The van der Waals surface area contributed by atoms with Crippen LogP contribution < -0.4 is 10.9 Å². The normalized spacial score (nSPS) is 21.6. The van der Waals surface area contributed by atoms with Gasteiger partial charge in [0.2, 0.25) is 0 Å². The number of amides is 2. The molecule has 2 N–H and O–H groups in total. The average Bonchev–Trinajstić information content (AvgIpc) is 3.74. The molecule has 3 fully saturated rings. The highest BCUT2D eigenvalue weighted by Crippen LogP contribution is 2.36. The molecule has 3 aliphatic rings. The van der Waals surface area contributed by atoms with Gasteiger partial charge in [-0.1, -0.05) is 0 Å². The summed E-state index contributed by atoms with van der Waals surface area (Å²) in [6, 6.07) is 7.88. The molecule has 3 heterocycles. The zero-order valence-corrected chi connectivity index (χ0v) is 27.1. The van der Waals surface area contributed by atoms with Gasteiger partial charge in [0.1, 0.15) is 11.2 Å². The van der Waals surface area contributed by atoms with Crippen molar-refractivity contribution in [2.75, 3.05) is 31.5 Å². The molecule has 2 aliphatic carbocycles. The first kappa shape index (κ1) is 31.3. The largest absolute Gasteiger partial charge is 0.444 e. The summed E-state index contributed by atoms with van der Waals surface area (Å²) in [4.78, 5) is 43.1. The standard InChI is InChI=1S/C34H46N6O5/c1-33(2,3)45-32(43)38-17-15-37(16-18-38)23-8-12-25(13-9-23)40-21-22-19-29(27(34(4,5)44)20-28(22)36-40)35-30(41)26-7-6-14-39(31(26)42)24-10-11-24/h6-7,14,19-21,23-25,44H,8-13,15-18H2,1-5H3,(H,35,41). The quantitative estimate of drug-likeness (QED) is 0.397. The van der Waals surface area contributed by atoms with Crippen LogP contribution in [0.1, 0.15) is 101 Å². The highest BCUT2D eigenvalue weighted by Gasteiger charge is 2.32. The van der Waals surface area contributed by atoms with Gasteiger partial charge in [0.05, 0.1) is 17.2 Å². The van der Waals surface area contributed by atoms with Crippen LogP contribution in [0.2, 0.25) is 0 Å². The van der Waals surface area contributed by atoms with Crippen molar-refractivity contribution in [2.24, 2.45) is 0 Å². The number of carbonyl (C=O) groups is 2. The highest BCUT2D eigenvalue weighted by atomic mass is 16.6. The first-order valence-electron chi connectivity index (χ1n) is 16.3. The summed E-state index contributed by atoms with van der Waals surface area (Å²) >= 11 is 0. The van der Waals surface area contributed by atoms with Crippen molar-refractivity contribution >= 4 is 28.6 Å². The molecule has 1 saturated heterocycles. The maximum atomic E-state index is 13.3. The molecule has 11 nitrogen and oxygen atoms in total. The zero-order valence-electron chi connectivity index (χ0n) is 27.1. The summed E-state index contributed by atoms with van der Waals surface area (Å²) in [6.45, 7) is 12.1. The van der Waals surface area contributed by atoms with Gasteiger partial charge in [-0.15, -0.1) is 0 Å². The van der Waals surface area contributed by atoms with E-state index in [0.717, 1.165) is 62.5 Å². The Hall–Kier alpha value is -3.70. The second kappa shape index (κ2) is 11.9. The lowest BCUT2D eigenvalue weighted by Crippen LogP contribution is -2.53. The van der Waals surface area contributed by atoms with Gasteiger partial charge in [-0.3, -0.25) is 19.2 Å². The molecule has 11 heteroatoms. The summed E-state index contributed by atoms with van der Waals surface area (Å²) in [5, 5.41) is 19.7. The molecule has 3 aromatic rings.